The zero-order chi connectivity index (χ0) is 20.0. The molecule has 0 radical (unpaired) electrons. The van der Waals surface area contributed by atoms with E-state index in [9.17, 15) is 20.0 Å². The Kier molecular flexibility index (Phi) is 6.67. The molecule has 9 heteroatoms. The molecule has 0 heterocycles. The maximum Gasteiger partial charge on any atom is 0.271 e. The number of nitrogens with zero attached hydrogens (tertiary/aromatic N) is 1. The number of hydrogen-bond donors (Lipinski definition) is 3. The average Bonchev–Trinajstić information content (AvgIpc) is 2.61. The number of benzene rings is 2. The monoisotopic (exact) mass is 389 g/mol. The molecule has 3 N–H and O–H groups in total. The summed E-state index contributed by atoms with van der Waals surface area (Å²) in [5.74, 6) is 0.348. The first-order chi connectivity index (χ1) is 12.8. The molecule has 2 aromatic carbocycles. The standard InChI is InChI=1S/C18H19N3O5S/c1-11(2)10-26-14-6-3-12(4-7-14)17(23)20-18(27)19-15-9-13(21(24)25)5-8-16(15)22/h3-9,11,22H,10H2,1-2H3,(H2,19,20,23,27). The van der Waals surface area contributed by atoms with Crippen LogP contribution in [0.3, 0.4) is 0 Å². The van der Waals surface area contributed by atoms with E-state index in [-0.39, 0.29) is 22.2 Å². The highest BCUT2D eigenvalue weighted by Crippen LogP contribution is 2.27. The highest BCUT2D eigenvalue weighted by Gasteiger charge is 2.13. The molecule has 0 aromatic heterocycles. The Labute approximate surface area is 161 Å². The van der Waals surface area contributed by atoms with Gasteiger partial charge in [-0.15, -0.1) is 0 Å². The van der Waals surface area contributed by atoms with Crippen molar-refractivity contribution in [1.82, 2.24) is 5.32 Å². The molecule has 0 unspecified atom stereocenters. The molecule has 0 aliphatic carbocycles. The highest BCUT2D eigenvalue weighted by atomic mass is 32.1. The maximum absolute atomic E-state index is 12.2. The van der Waals surface area contributed by atoms with Gasteiger partial charge in [-0.2, -0.15) is 0 Å². The summed E-state index contributed by atoms with van der Waals surface area (Å²) in [4.78, 5) is 22.4. The van der Waals surface area contributed by atoms with Crippen molar-refractivity contribution < 1.29 is 19.6 Å². The number of phenols is 1. The predicted octanol–water partition coefficient (Wildman–Crippen LogP) is 3.46. The van der Waals surface area contributed by atoms with Gasteiger partial charge in [0.25, 0.3) is 11.6 Å². The number of nitro groups is 1. The summed E-state index contributed by atoms with van der Waals surface area (Å²) in [5.41, 5.74) is 0.160. The van der Waals surface area contributed by atoms with Crippen LogP contribution in [-0.2, 0) is 0 Å². The molecule has 1 amide bonds. The molecule has 2 aromatic rings. The van der Waals surface area contributed by atoms with Crippen LogP contribution in [-0.4, -0.2) is 27.7 Å². The minimum absolute atomic E-state index is 0.0203. The molecule has 27 heavy (non-hydrogen) atoms. The van der Waals surface area contributed by atoms with Crippen molar-refractivity contribution in [2.75, 3.05) is 11.9 Å². The van der Waals surface area contributed by atoms with Crippen LogP contribution in [0, 0.1) is 16.0 Å². The Morgan fingerprint density at radius 3 is 2.52 bits per heavy atom. The van der Waals surface area contributed by atoms with Crippen LogP contribution in [0.1, 0.15) is 24.2 Å². The summed E-state index contributed by atoms with van der Waals surface area (Å²) < 4.78 is 5.55. The Balaban J connectivity index is 1.98. The first kappa shape index (κ1) is 20.1. The van der Waals surface area contributed by atoms with Crippen LogP contribution in [0.5, 0.6) is 11.5 Å². The fourth-order valence-corrected chi connectivity index (χ4v) is 2.23. The van der Waals surface area contributed by atoms with Gasteiger partial charge in [-0.3, -0.25) is 20.2 Å². The largest absolute Gasteiger partial charge is 0.506 e. The summed E-state index contributed by atoms with van der Waals surface area (Å²) in [6.07, 6.45) is 0. The smallest absolute Gasteiger partial charge is 0.271 e. The van der Waals surface area contributed by atoms with E-state index >= 15 is 0 Å². The number of amides is 1. The lowest BCUT2D eigenvalue weighted by Gasteiger charge is -2.11. The molecule has 0 spiro atoms. The predicted molar refractivity (Wildman–Crippen MR) is 105 cm³/mol. The van der Waals surface area contributed by atoms with Gasteiger partial charge in [-0.05, 0) is 48.5 Å². The van der Waals surface area contributed by atoms with Gasteiger partial charge >= 0.3 is 0 Å². The zero-order valence-corrected chi connectivity index (χ0v) is 15.6. The Morgan fingerprint density at radius 1 is 1.26 bits per heavy atom. The second-order valence-corrected chi connectivity index (χ2v) is 6.50. The van der Waals surface area contributed by atoms with E-state index in [0.717, 1.165) is 12.1 Å². The van der Waals surface area contributed by atoms with Crippen molar-refractivity contribution in [2.45, 2.75) is 13.8 Å². The number of hydrogen-bond acceptors (Lipinski definition) is 6. The molecular formula is C18H19N3O5S. The summed E-state index contributed by atoms with van der Waals surface area (Å²) >= 11 is 5.03. The number of ether oxygens (including phenoxy) is 1. The Morgan fingerprint density at radius 2 is 1.93 bits per heavy atom. The van der Waals surface area contributed by atoms with Crippen molar-refractivity contribution in [3.8, 4) is 11.5 Å². The van der Waals surface area contributed by atoms with E-state index in [1.165, 1.54) is 6.07 Å². The molecule has 0 atom stereocenters. The normalized spacial score (nSPS) is 10.3. The Hall–Kier alpha value is -3.20. The third kappa shape index (κ3) is 5.93. The molecule has 0 fully saturated rings. The van der Waals surface area contributed by atoms with Crippen molar-refractivity contribution in [1.29, 1.82) is 0 Å². The van der Waals surface area contributed by atoms with Gasteiger partial charge in [-0.25, -0.2) is 0 Å². The third-order valence-electron chi connectivity index (χ3n) is 3.37. The SMILES string of the molecule is CC(C)COc1ccc(C(=O)NC(=S)Nc2cc([N+](=O)[O-])ccc2O)cc1. The lowest BCUT2D eigenvalue weighted by Crippen LogP contribution is -2.34. The van der Waals surface area contributed by atoms with E-state index in [4.69, 9.17) is 17.0 Å². The van der Waals surface area contributed by atoms with E-state index in [2.05, 4.69) is 10.6 Å². The van der Waals surface area contributed by atoms with Gasteiger partial charge in [0.05, 0.1) is 17.2 Å². The molecule has 0 aliphatic rings. The van der Waals surface area contributed by atoms with Crippen molar-refractivity contribution in [3.05, 3.63) is 58.1 Å². The van der Waals surface area contributed by atoms with Crippen LogP contribution >= 0.6 is 12.2 Å². The number of nitrogens with one attached hydrogen (secondary N) is 2. The summed E-state index contributed by atoms with van der Waals surface area (Å²) in [5, 5.41) is 25.5. The number of nitro benzene ring substituents is 1. The number of aromatic hydroxyl groups is 1. The molecule has 0 saturated carbocycles. The van der Waals surface area contributed by atoms with Crippen molar-refractivity contribution in [3.63, 3.8) is 0 Å². The van der Waals surface area contributed by atoms with Crippen LogP contribution < -0.4 is 15.4 Å². The van der Waals surface area contributed by atoms with Gasteiger partial charge in [0.1, 0.15) is 11.5 Å². The van der Waals surface area contributed by atoms with Crippen LogP contribution in [0.2, 0.25) is 0 Å². The van der Waals surface area contributed by atoms with Gasteiger partial charge in [-0.1, -0.05) is 13.8 Å². The average molecular weight is 389 g/mol. The Bertz CT molecular complexity index is 853. The number of anilines is 1. The fraction of sp³-hybridized carbons (Fsp3) is 0.222. The van der Waals surface area contributed by atoms with Gasteiger partial charge in [0.2, 0.25) is 0 Å². The minimum Gasteiger partial charge on any atom is -0.506 e. The van der Waals surface area contributed by atoms with Crippen molar-refractivity contribution in [2.24, 2.45) is 5.92 Å². The minimum atomic E-state index is -0.602. The van der Waals surface area contributed by atoms with Crippen LogP contribution in [0.15, 0.2) is 42.5 Å². The van der Waals surface area contributed by atoms with Gasteiger partial charge in [0.15, 0.2) is 5.11 Å². The van der Waals surface area contributed by atoms with Gasteiger partial charge in [0, 0.05) is 17.7 Å². The molecule has 0 bridgehead atoms. The summed E-state index contributed by atoms with van der Waals surface area (Å²) in [6.45, 7) is 4.65. The fourth-order valence-electron chi connectivity index (χ4n) is 2.03. The summed E-state index contributed by atoms with van der Waals surface area (Å²) in [6, 6.07) is 10.00. The quantitative estimate of drug-likeness (QED) is 0.300. The number of carbonyl (C=O) groups excluding carboxylic acids is 1. The first-order valence-electron chi connectivity index (χ1n) is 8.09. The topological polar surface area (TPSA) is 114 Å². The number of rotatable bonds is 6. The molecule has 0 aliphatic heterocycles. The number of non-ortho nitro benzene ring substituents is 1. The maximum atomic E-state index is 12.2. The summed E-state index contributed by atoms with van der Waals surface area (Å²) in [7, 11) is 0. The number of carbonyl (C=O) groups is 1. The lowest BCUT2D eigenvalue weighted by atomic mass is 10.2. The molecular weight excluding hydrogens is 370 g/mol. The molecule has 0 saturated heterocycles. The van der Waals surface area contributed by atoms with Crippen LogP contribution in [0.25, 0.3) is 0 Å². The van der Waals surface area contributed by atoms with E-state index < -0.39 is 10.8 Å². The van der Waals surface area contributed by atoms with E-state index in [1.807, 2.05) is 13.8 Å². The zero-order valence-electron chi connectivity index (χ0n) is 14.8. The van der Waals surface area contributed by atoms with Gasteiger partial charge < -0.3 is 15.2 Å². The number of phenolic OH excluding ortho intramolecular Hbond substituents is 1. The highest BCUT2D eigenvalue weighted by molar-refractivity contribution is 7.80. The van der Waals surface area contributed by atoms with E-state index in [0.29, 0.717) is 23.8 Å². The number of thiocarbonyl (C=S) groups is 1. The first-order valence-corrected chi connectivity index (χ1v) is 8.49. The third-order valence-corrected chi connectivity index (χ3v) is 3.57. The second-order valence-electron chi connectivity index (χ2n) is 6.10. The van der Waals surface area contributed by atoms with Crippen LogP contribution in [0.4, 0.5) is 11.4 Å². The molecule has 8 nitrogen and oxygen atoms in total. The van der Waals surface area contributed by atoms with E-state index in [1.54, 1.807) is 24.3 Å². The lowest BCUT2D eigenvalue weighted by molar-refractivity contribution is -0.384. The molecule has 142 valence electrons. The van der Waals surface area contributed by atoms with Crippen molar-refractivity contribution >= 4 is 34.6 Å². The second kappa shape index (κ2) is 8.95. The molecule has 2 rings (SSSR count).